The number of hydrogen-bond acceptors (Lipinski definition) is 6. The Kier molecular flexibility index (Phi) is 5.89. The molecule has 2 aromatic carbocycles. The smallest absolute Gasteiger partial charge is 0.337 e. The molecule has 29 heavy (non-hydrogen) atoms. The van der Waals surface area contributed by atoms with Crippen LogP contribution < -0.4 is 0 Å². The molecule has 2 saturated heterocycles. The number of carbonyl (C=O) groups excluding carboxylic acids is 2. The number of fused-ring (bicyclic) bond motifs is 2. The number of rotatable bonds is 7. The highest BCUT2D eigenvalue weighted by Gasteiger charge is 2.56. The molecule has 0 saturated carbocycles. The van der Waals surface area contributed by atoms with E-state index >= 15 is 0 Å². The normalized spacial score (nSPS) is 25.8. The topological polar surface area (TPSA) is 74.3 Å². The molecule has 2 fully saturated rings. The second-order valence-corrected chi connectivity index (χ2v) is 7.03. The van der Waals surface area contributed by atoms with Gasteiger partial charge in [0.2, 0.25) is 6.29 Å². The van der Waals surface area contributed by atoms with Gasteiger partial charge in [0.05, 0.1) is 26.4 Å². The molecule has 4 rings (SSSR count). The van der Waals surface area contributed by atoms with Crippen LogP contribution in [-0.4, -0.2) is 55.0 Å². The van der Waals surface area contributed by atoms with Gasteiger partial charge in [0, 0.05) is 6.54 Å². The third kappa shape index (κ3) is 4.17. The molecule has 2 heterocycles. The highest BCUT2D eigenvalue weighted by atomic mass is 16.8. The number of esters is 1. The molecule has 2 aromatic rings. The van der Waals surface area contributed by atoms with Crippen molar-refractivity contribution in [2.75, 3.05) is 13.7 Å². The summed E-state index contributed by atoms with van der Waals surface area (Å²) in [5.41, 5.74) is 2.00. The molecule has 152 valence electrons. The van der Waals surface area contributed by atoms with Crippen LogP contribution in [0.1, 0.15) is 11.1 Å². The summed E-state index contributed by atoms with van der Waals surface area (Å²) in [7, 11) is 1.29. The number of carbonyl (C=O) groups is 2. The Balaban J connectivity index is 1.54. The van der Waals surface area contributed by atoms with E-state index in [-0.39, 0.29) is 12.5 Å². The zero-order chi connectivity index (χ0) is 20.2. The molecule has 2 aliphatic rings. The number of methoxy groups -OCH3 is 1. The fourth-order valence-electron chi connectivity index (χ4n) is 3.68. The van der Waals surface area contributed by atoms with Gasteiger partial charge in [-0.1, -0.05) is 60.7 Å². The Morgan fingerprint density at radius 1 is 1.00 bits per heavy atom. The minimum Gasteiger partial charge on any atom is -0.467 e. The molecular weight excluding hydrogens is 374 g/mol. The summed E-state index contributed by atoms with van der Waals surface area (Å²) < 4.78 is 22.0. The van der Waals surface area contributed by atoms with Gasteiger partial charge in [-0.15, -0.1) is 0 Å². The van der Waals surface area contributed by atoms with Gasteiger partial charge >= 0.3 is 5.97 Å². The second-order valence-electron chi connectivity index (χ2n) is 7.03. The maximum absolute atomic E-state index is 13.0. The molecule has 1 amide bonds. The highest BCUT2D eigenvalue weighted by molar-refractivity contribution is 5.84. The number of hydrogen-bond donors (Lipinski definition) is 0. The molecule has 0 spiro atoms. The van der Waals surface area contributed by atoms with Crippen molar-refractivity contribution >= 4 is 11.9 Å². The second kappa shape index (κ2) is 8.73. The first-order chi connectivity index (χ1) is 14.2. The number of nitrogens with zero attached hydrogens (tertiary/aromatic N) is 1. The van der Waals surface area contributed by atoms with Crippen LogP contribution in [0.5, 0.6) is 0 Å². The standard InChI is InChI=1S/C22H23NO6/c1-26-21(25)19-18-17(14-27-13-16-10-6-3-7-11-16)23(20(24)22(28-18)29-19)12-15-8-4-2-5-9-15/h2-11,17-19,22H,12-14H2,1H3/t17-,18-,19-,22+/m0/s1. The summed E-state index contributed by atoms with van der Waals surface area (Å²) in [6, 6.07) is 18.9. The zero-order valence-electron chi connectivity index (χ0n) is 16.1. The lowest BCUT2D eigenvalue weighted by Gasteiger charge is -2.38. The molecule has 7 heteroatoms. The van der Waals surface area contributed by atoms with Crippen molar-refractivity contribution in [1.82, 2.24) is 4.90 Å². The van der Waals surface area contributed by atoms with E-state index in [9.17, 15) is 9.59 Å². The number of ether oxygens (including phenoxy) is 4. The van der Waals surface area contributed by atoms with Crippen LogP contribution in [0, 0.1) is 0 Å². The van der Waals surface area contributed by atoms with E-state index in [0.717, 1.165) is 11.1 Å². The van der Waals surface area contributed by atoms with Crippen molar-refractivity contribution in [3.63, 3.8) is 0 Å². The average molecular weight is 397 g/mol. The minimum atomic E-state index is -1.10. The van der Waals surface area contributed by atoms with Crippen LogP contribution in [0.3, 0.4) is 0 Å². The summed E-state index contributed by atoms with van der Waals surface area (Å²) in [6.07, 6.45) is -2.71. The third-order valence-corrected chi connectivity index (χ3v) is 5.14. The zero-order valence-corrected chi connectivity index (χ0v) is 16.1. The van der Waals surface area contributed by atoms with E-state index in [0.29, 0.717) is 13.2 Å². The van der Waals surface area contributed by atoms with Crippen LogP contribution in [0.15, 0.2) is 60.7 Å². The highest BCUT2D eigenvalue weighted by Crippen LogP contribution is 2.33. The van der Waals surface area contributed by atoms with Crippen LogP contribution in [0.25, 0.3) is 0 Å². The van der Waals surface area contributed by atoms with E-state index < -0.39 is 30.5 Å². The predicted octanol–water partition coefficient (Wildman–Crippen LogP) is 1.90. The Labute approximate surface area is 169 Å². The predicted molar refractivity (Wildman–Crippen MR) is 102 cm³/mol. The first-order valence-electron chi connectivity index (χ1n) is 9.52. The lowest BCUT2D eigenvalue weighted by molar-refractivity contribution is -0.183. The Hall–Kier alpha value is -2.74. The fraction of sp³-hybridized carbons (Fsp3) is 0.364. The Morgan fingerprint density at radius 3 is 2.31 bits per heavy atom. The van der Waals surface area contributed by atoms with Gasteiger partial charge in [0.25, 0.3) is 5.91 Å². The number of morpholine rings is 1. The molecule has 0 N–H and O–H groups in total. The van der Waals surface area contributed by atoms with E-state index in [1.807, 2.05) is 60.7 Å². The van der Waals surface area contributed by atoms with E-state index in [1.165, 1.54) is 7.11 Å². The Bertz CT molecular complexity index is 843. The number of amides is 1. The first kappa shape index (κ1) is 19.6. The summed E-state index contributed by atoms with van der Waals surface area (Å²) in [4.78, 5) is 26.8. The van der Waals surface area contributed by atoms with Crippen molar-refractivity contribution in [3.05, 3.63) is 71.8 Å². The molecular formula is C22H23NO6. The molecule has 0 unspecified atom stereocenters. The van der Waals surface area contributed by atoms with E-state index in [1.54, 1.807) is 4.90 Å². The maximum atomic E-state index is 13.0. The van der Waals surface area contributed by atoms with Gasteiger partial charge in [-0.3, -0.25) is 4.79 Å². The van der Waals surface area contributed by atoms with E-state index in [2.05, 4.69) is 0 Å². The molecule has 0 aromatic heterocycles. The van der Waals surface area contributed by atoms with Crippen molar-refractivity contribution < 1.29 is 28.5 Å². The van der Waals surface area contributed by atoms with Crippen LogP contribution in [-0.2, 0) is 41.7 Å². The molecule has 2 aliphatic heterocycles. The lowest BCUT2D eigenvalue weighted by atomic mass is 10.0. The van der Waals surface area contributed by atoms with Crippen molar-refractivity contribution in [2.45, 2.75) is 37.7 Å². The van der Waals surface area contributed by atoms with Gasteiger partial charge in [-0.2, -0.15) is 0 Å². The first-order valence-corrected chi connectivity index (χ1v) is 9.52. The Morgan fingerprint density at radius 2 is 1.66 bits per heavy atom. The summed E-state index contributed by atoms with van der Waals surface area (Å²) in [6.45, 7) is 0.985. The van der Waals surface area contributed by atoms with Gasteiger partial charge in [0.15, 0.2) is 6.10 Å². The minimum absolute atomic E-state index is 0.210. The molecule has 2 bridgehead atoms. The van der Waals surface area contributed by atoms with Crippen molar-refractivity contribution in [3.8, 4) is 0 Å². The molecule has 0 aliphatic carbocycles. The summed E-state index contributed by atoms with van der Waals surface area (Å²) in [5, 5.41) is 0. The van der Waals surface area contributed by atoms with Crippen LogP contribution >= 0.6 is 0 Å². The van der Waals surface area contributed by atoms with Crippen LogP contribution in [0.2, 0.25) is 0 Å². The van der Waals surface area contributed by atoms with E-state index in [4.69, 9.17) is 18.9 Å². The largest absolute Gasteiger partial charge is 0.467 e. The maximum Gasteiger partial charge on any atom is 0.337 e. The quantitative estimate of drug-likeness (QED) is 0.665. The van der Waals surface area contributed by atoms with Crippen molar-refractivity contribution in [1.29, 1.82) is 0 Å². The molecule has 4 atom stereocenters. The van der Waals surface area contributed by atoms with Gasteiger partial charge < -0.3 is 23.8 Å². The fourth-order valence-corrected chi connectivity index (χ4v) is 3.68. The monoisotopic (exact) mass is 397 g/mol. The summed E-state index contributed by atoms with van der Waals surface area (Å²) in [5.74, 6) is -0.871. The SMILES string of the molecule is COC(=O)[C@H]1O[C@H]2O[C@H]1[C@H](COCc1ccccc1)N(Cc1ccccc1)C2=O. The molecule has 0 radical (unpaired) electrons. The van der Waals surface area contributed by atoms with Gasteiger partial charge in [0.1, 0.15) is 6.10 Å². The summed E-state index contributed by atoms with van der Waals surface area (Å²) >= 11 is 0. The van der Waals surface area contributed by atoms with Gasteiger partial charge in [-0.05, 0) is 11.1 Å². The average Bonchev–Trinajstić information content (AvgIpc) is 3.17. The van der Waals surface area contributed by atoms with Crippen molar-refractivity contribution in [2.24, 2.45) is 0 Å². The lowest BCUT2D eigenvalue weighted by Crippen LogP contribution is -2.58. The van der Waals surface area contributed by atoms with Gasteiger partial charge in [-0.25, -0.2) is 4.79 Å². The number of benzene rings is 2. The third-order valence-electron chi connectivity index (χ3n) is 5.14. The molecule has 7 nitrogen and oxygen atoms in total. The van der Waals surface area contributed by atoms with Crippen LogP contribution in [0.4, 0.5) is 0 Å².